The van der Waals surface area contributed by atoms with Crippen LogP contribution in [0.1, 0.15) is 458 Å². The molecule has 0 amide bonds. The third-order valence-corrected chi connectivity index (χ3v) is 22.3. The van der Waals surface area contributed by atoms with Crippen molar-refractivity contribution >= 4 is 39.5 Å². The Balaban J connectivity index is 5.22. The predicted octanol–water partition coefficient (Wildman–Crippen LogP) is 26.0. The first-order valence-electron chi connectivity index (χ1n) is 44.2. The summed E-state index contributed by atoms with van der Waals surface area (Å²) >= 11 is 0. The van der Waals surface area contributed by atoms with Gasteiger partial charge in [-0.15, -0.1) is 0 Å². The Hall–Kier alpha value is -1.94. The van der Waals surface area contributed by atoms with E-state index in [4.69, 9.17) is 37.0 Å². The lowest BCUT2D eigenvalue weighted by Crippen LogP contribution is -2.30. The standard InChI is InChI=1S/C85H166O17P2/c1-6-10-13-16-19-22-25-27-29-32-37-40-44-49-54-59-64-69-83(88)96-75-81(102-85(90)71-66-61-56-51-46-42-38-34-31-30-33-36-39-43-47-52-57-62-67-78(5)9-4)77-100-104(93,94)98-73-79(86)72-97-103(91,92)99-76-80(74-95-82(87)68-63-58-53-48-24-21-18-15-12-8-3)101-84(89)70-65-60-55-50-45-41-35-28-26-23-20-17-14-11-7-2/h78-81,86H,6-77H2,1-5H3,(H,91,92)(H,93,94)/t78?,79-,80+,81+/m0/s1. The minimum Gasteiger partial charge on any atom is -0.462 e. The van der Waals surface area contributed by atoms with Crippen molar-refractivity contribution in [3.8, 4) is 0 Å². The van der Waals surface area contributed by atoms with Crippen LogP contribution in [0.4, 0.5) is 0 Å². The molecule has 0 aliphatic carbocycles. The van der Waals surface area contributed by atoms with Crippen LogP contribution in [-0.4, -0.2) is 96.7 Å². The van der Waals surface area contributed by atoms with E-state index >= 15 is 0 Å². The zero-order valence-corrected chi connectivity index (χ0v) is 70.0. The Morgan fingerprint density at radius 3 is 0.683 bits per heavy atom. The molecule has 0 aromatic heterocycles. The maximum absolute atomic E-state index is 13.1. The first-order chi connectivity index (χ1) is 50.6. The molecule has 0 fully saturated rings. The van der Waals surface area contributed by atoms with Gasteiger partial charge in [-0.2, -0.15) is 0 Å². The van der Waals surface area contributed by atoms with Gasteiger partial charge in [0.2, 0.25) is 0 Å². The number of aliphatic hydroxyl groups is 1. The molecule has 0 bridgehead atoms. The van der Waals surface area contributed by atoms with E-state index in [1.807, 2.05) is 0 Å². The summed E-state index contributed by atoms with van der Waals surface area (Å²) in [5.74, 6) is -1.23. The van der Waals surface area contributed by atoms with Crippen molar-refractivity contribution in [3.05, 3.63) is 0 Å². The number of unbranched alkanes of at least 4 members (excludes halogenated alkanes) is 56. The molecule has 0 rings (SSSR count). The van der Waals surface area contributed by atoms with Crippen molar-refractivity contribution in [1.29, 1.82) is 0 Å². The summed E-state index contributed by atoms with van der Waals surface area (Å²) in [7, 11) is -9.92. The van der Waals surface area contributed by atoms with Crippen LogP contribution in [0.25, 0.3) is 0 Å². The van der Waals surface area contributed by atoms with Gasteiger partial charge >= 0.3 is 39.5 Å². The SMILES string of the molecule is CCCCCCCCCCCCCCCCCCCC(=O)OC[C@H](COP(=O)(O)OC[C@@H](O)COP(=O)(O)OC[C@@H](COC(=O)CCCCCCCCCCCC)OC(=O)CCCCCCCCCCCCCCCCC)OC(=O)CCCCCCCCCCCCCCCCCCCCC(C)CC. The molecule has 3 unspecified atom stereocenters. The van der Waals surface area contributed by atoms with Crippen molar-refractivity contribution in [1.82, 2.24) is 0 Å². The average Bonchev–Trinajstić information content (AvgIpc) is 1.03. The molecule has 0 spiro atoms. The highest BCUT2D eigenvalue weighted by Gasteiger charge is 2.30. The molecule has 17 nitrogen and oxygen atoms in total. The molecule has 0 aromatic carbocycles. The van der Waals surface area contributed by atoms with Crippen molar-refractivity contribution in [2.24, 2.45) is 5.92 Å². The number of hydrogen-bond acceptors (Lipinski definition) is 15. The molecule has 0 saturated carbocycles. The van der Waals surface area contributed by atoms with E-state index < -0.39 is 97.5 Å². The third-order valence-electron chi connectivity index (χ3n) is 20.4. The second-order valence-corrected chi connectivity index (χ2v) is 33.7. The zero-order valence-electron chi connectivity index (χ0n) is 68.2. The van der Waals surface area contributed by atoms with Gasteiger partial charge in [-0.25, -0.2) is 9.13 Å². The topological polar surface area (TPSA) is 237 Å². The van der Waals surface area contributed by atoms with Crippen LogP contribution >= 0.6 is 15.6 Å². The van der Waals surface area contributed by atoms with Gasteiger partial charge in [-0.1, -0.05) is 407 Å². The molecule has 19 heteroatoms. The lowest BCUT2D eigenvalue weighted by atomic mass is 9.99. The normalized spacial score (nSPS) is 14.0. The molecular formula is C85H166O17P2. The van der Waals surface area contributed by atoms with E-state index in [-0.39, 0.29) is 25.7 Å². The summed E-state index contributed by atoms with van der Waals surface area (Å²) < 4.78 is 68.8. The molecule has 0 aliphatic rings. The Morgan fingerprint density at radius 1 is 0.269 bits per heavy atom. The van der Waals surface area contributed by atoms with Crippen LogP contribution in [0.3, 0.4) is 0 Å². The Labute approximate surface area is 638 Å². The summed E-state index contributed by atoms with van der Waals surface area (Å²) in [5.41, 5.74) is 0. The number of hydrogen-bond donors (Lipinski definition) is 3. The maximum atomic E-state index is 13.1. The quantitative estimate of drug-likeness (QED) is 0.0222. The van der Waals surface area contributed by atoms with Crippen LogP contribution in [0.5, 0.6) is 0 Å². The number of phosphoric ester groups is 2. The van der Waals surface area contributed by atoms with Crippen LogP contribution in [0.2, 0.25) is 0 Å². The number of aliphatic hydroxyl groups excluding tert-OH is 1. The number of ether oxygens (including phenoxy) is 4. The van der Waals surface area contributed by atoms with Gasteiger partial charge in [-0.3, -0.25) is 37.3 Å². The highest BCUT2D eigenvalue weighted by Crippen LogP contribution is 2.45. The van der Waals surface area contributed by atoms with Gasteiger partial charge < -0.3 is 33.8 Å². The average molecular weight is 1520 g/mol. The minimum atomic E-state index is -4.96. The first kappa shape index (κ1) is 102. The number of esters is 4. The van der Waals surface area contributed by atoms with E-state index in [0.717, 1.165) is 95.8 Å². The Kier molecular flexibility index (Phi) is 76.3. The largest absolute Gasteiger partial charge is 0.472 e. The molecule has 104 heavy (non-hydrogen) atoms. The van der Waals surface area contributed by atoms with Crippen LogP contribution in [0.15, 0.2) is 0 Å². The first-order valence-corrected chi connectivity index (χ1v) is 47.2. The summed E-state index contributed by atoms with van der Waals surface area (Å²) in [6.07, 6.45) is 70.7. The van der Waals surface area contributed by atoms with Gasteiger partial charge in [-0.05, 0) is 31.6 Å². The second kappa shape index (κ2) is 77.8. The summed E-state index contributed by atoms with van der Waals surface area (Å²) in [6.45, 7) is 7.42. The van der Waals surface area contributed by atoms with Crippen molar-refractivity contribution in [3.63, 3.8) is 0 Å². The molecule has 0 aliphatic heterocycles. The van der Waals surface area contributed by atoms with Gasteiger partial charge in [0.15, 0.2) is 12.2 Å². The lowest BCUT2D eigenvalue weighted by Gasteiger charge is -2.21. The number of carbonyl (C=O) groups excluding carboxylic acids is 4. The second-order valence-electron chi connectivity index (χ2n) is 30.8. The summed E-state index contributed by atoms with van der Waals surface area (Å²) in [4.78, 5) is 73.1. The number of phosphoric acid groups is 2. The fraction of sp³-hybridized carbons (Fsp3) is 0.953. The Bertz CT molecular complexity index is 1980. The maximum Gasteiger partial charge on any atom is 0.472 e. The van der Waals surface area contributed by atoms with Crippen LogP contribution in [-0.2, 0) is 65.4 Å². The lowest BCUT2D eigenvalue weighted by molar-refractivity contribution is -0.161. The number of carbonyl (C=O) groups is 4. The van der Waals surface area contributed by atoms with Gasteiger partial charge in [0, 0.05) is 25.7 Å². The molecule has 618 valence electrons. The number of rotatable bonds is 85. The van der Waals surface area contributed by atoms with Crippen LogP contribution < -0.4 is 0 Å². The third kappa shape index (κ3) is 76.8. The van der Waals surface area contributed by atoms with Gasteiger partial charge in [0.1, 0.15) is 19.3 Å². The molecular weight excluding hydrogens is 1350 g/mol. The predicted molar refractivity (Wildman–Crippen MR) is 428 cm³/mol. The molecule has 0 heterocycles. The fourth-order valence-corrected chi connectivity index (χ4v) is 14.8. The van der Waals surface area contributed by atoms with E-state index in [2.05, 4.69) is 34.6 Å². The van der Waals surface area contributed by atoms with E-state index in [1.165, 1.54) is 283 Å². The molecule has 3 N–H and O–H groups in total. The molecule has 0 saturated heterocycles. The van der Waals surface area contributed by atoms with Crippen molar-refractivity contribution in [2.45, 2.75) is 477 Å². The minimum absolute atomic E-state index is 0.109. The molecule has 6 atom stereocenters. The smallest absolute Gasteiger partial charge is 0.462 e. The highest BCUT2D eigenvalue weighted by atomic mass is 31.2. The van der Waals surface area contributed by atoms with Crippen molar-refractivity contribution in [2.75, 3.05) is 39.6 Å². The van der Waals surface area contributed by atoms with E-state index in [0.29, 0.717) is 25.7 Å². The van der Waals surface area contributed by atoms with Gasteiger partial charge in [0.25, 0.3) is 0 Å². The molecule has 0 aromatic rings. The fourth-order valence-electron chi connectivity index (χ4n) is 13.3. The van der Waals surface area contributed by atoms with E-state index in [1.54, 1.807) is 0 Å². The highest BCUT2D eigenvalue weighted by molar-refractivity contribution is 7.47. The summed E-state index contributed by atoms with van der Waals surface area (Å²) in [6, 6.07) is 0. The van der Waals surface area contributed by atoms with Gasteiger partial charge in [0.05, 0.1) is 26.4 Å². The zero-order chi connectivity index (χ0) is 76.2. The van der Waals surface area contributed by atoms with E-state index in [9.17, 15) is 43.2 Å². The van der Waals surface area contributed by atoms with Crippen LogP contribution in [0, 0.1) is 5.92 Å². The summed E-state index contributed by atoms with van der Waals surface area (Å²) in [5, 5.41) is 10.7. The van der Waals surface area contributed by atoms with Crippen molar-refractivity contribution < 1.29 is 80.2 Å². The molecule has 0 radical (unpaired) electrons. The Morgan fingerprint density at radius 2 is 0.462 bits per heavy atom. The monoisotopic (exact) mass is 1520 g/mol.